The Morgan fingerprint density at radius 1 is 0.554 bits per heavy atom. The molecule has 0 fully saturated rings. The molecule has 0 spiro atoms. The lowest BCUT2D eigenvalue weighted by Gasteiger charge is -2.25. The maximum Gasteiger partial charge on any atom is 0.361 e. The van der Waals surface area contributed by atoms with Crippen LogP contribution in [-0.2, 0) is 33.3 Å². The van der Waals surface area contributed by atoms with Gasteiger partial charge in [-0.2, -0.15) is 0 Å². The van der Waals surface area contributed by atoms with Gasteiger partial charge in [-0.1, -0.05) is 159 Å². The molecule has 0 aromatic carbocycles. The van der Waals surface area contributed by atoms with Gasteiger partial charge in [0, 0.05) is 12.8 Å². The fourth-order valence-corrected chi connectivity index (χ4v) is 5.88. The number of unbranched alkanes of at least 4 members (excludes halogenated alkanes) is 17. The maximum absolute atomic E-state index is 12.7. The summed E-state index contributed by atoms with van der Waals surface area (Å²) in [5.41, 5.74) is 0. The molecule has 9 nitrogen and oxygen atoms in total. The molecular formula is C47H84NO8+. The first-order valence-electron chi connectivity index (χ1n) is 22.3. The van der Waals surface area contributed by atoms with Crippen molar-refractivity contribution in [3.63, 3.8) is 0 Å². The van der Waals surface area contributed by atoms with Crippen LogP contribution < -0.4 is 0 Å². The minimum atomic E-state index is -1.51. The van der Waals surface area contributed by atoms with Crippen molar-refractivity contribution in [1.29, 1.82) is 0 Å². The molecule has 0 amide bonds. The molecule has 0 heterocycles. The average molecular weight is 791 g/mol. The van der Waals surface area contributed by atoms with Gasteiger partial charge in [-0.15, -0.1) is 0 Å². The van der Waals surface area contributed by atoms with Gasteiger partial charge in [0.15, 0.2) is 6.10 Å². The van der Waals surface area contributed by atoms with Crippen molar-refractivity contribution in [2.45, 2.75) is 187 Å². The Hall–Kier alpha value is -2.75. The number of nitrogens with zero attached hydrogens (tertiary/aromatic N) is 1. The van der Waals surface area contributed by atoms with Crippen molar-refractivity contribution in [3.05, 3.63) is 48.6 Å². The van der Waals surface area contributed by atoms with Gasteiger partial charge in [0.05, 0.1) is 34.4 Å². The number of rotatable bonds is 40. The molecule has 2 unspecified atom stereocenters. The summed E-state index contributed by atoms with van der Waals surface area (Å²) in [5, 5.41) is 9.59. The highest BCUT2D eigenvalue weighted by atomic mass is 16.7. The molecule has 56 heavy (non-hydrogen) atoms. The van der Waals surface area contributed by atoms with Crippen LogP contribution in [0.3, 0.4) is 0 Å². The number of esters is 2. The number of carboxylic acids is 1. The Morgan fingerprint density at radius 3 is 1.52 bits per heavy atom. The number of carbonyl (C=O) groups excluding carboxylic acids is 2. The SMILES string of the molecule is CC/C=C\C/C=C\C/C=C\C/C=C\CCCCCCCCCCCCCCC(=O)OC(COC(=O)CCCCCCCC)COC(OCC[N+](C)(C)C)C(=O)O. The van der Waals surface area contributed by atoms with Gasteiger partial charge >= 0.3 is 17.9 Å². The van der Waals surface area contributed by atoms with Crippen LogP contribution >= 0.6 is 0 Å². The molecule has 0 radical (unpaired) electrons. The molecule has 0 aromatic rings. The van der Waals surface area contributed by atoms with Crippen molar-refractivity contribution in [1.82, 2.24) is 0 Å². The van der Waals surface area contributed by atoms with Crippen molar-refractivity contribution < 1.29 is 42.9 Å². The third-order valence-corrected chi connectivity index (χ3v) is 9.35. The highest BCUT2D eigenvalue weighted by molar-refractivity contribution is 5.71. The normalized spacial score (nSPS) is 13.4. The second kappa shape index (κ2) is 39.1. The number of ether oxygens (including phenoxy) is 4. The van der Waals surface area contributed by atoms with E-state index in [1.54, 1.807) is 0 Å². The molecular weight excluding hydrogens is 707 g/mol. The summed E-state index contributed by atoms with van der Waals surface area (Å²) >= 11 is 0. The van der Waals surface area contributed by atoms with Crippen LogP contribution in [0.15, 0.2) is 48.6 Å². The number of aliphatic carboxylic acids is 1. The summed E-state index contributed by atoms with van der Waals surface area (Å²) in [6.07, 6.45) is 42.1. The Labute approximate surface area is 342 Å². The number of hydrogen-bond acceptors (Lipinski definition) is 7. The summed E-state index contributed by atoms with van der Waals surface area (Å²) in [6, 6.07) is 0. The predicted octanol–water partition coefficient (Wildman–Crippen LogP) is 11.6. The number of quaternary nitrogens is 1. The fourth-order valence-electron chi connectivity index (χ4n) is 5.88. The van der Waals surface area contributed by atoms with E-state index in [9.17, 15) is 19.5 Å². The molecule has 324 valence electrons. The van der Waals surface area contributed by atoms with Gasteiger partial charge in [-0.25, -0.2) is 4.79 Å². The van der Waals surface area contributed by atoms with Crippen molar-refractivity contribution in [2.24, 2.45) is 0 Å². The van der Waals surface area contributed by atoms with E-state index in [0.29, 0.717) is 17.4 Å². The molecule has 0 bridgehead atoms. The third-order valence-electron chi connectivity index (χ3n) is 9.35. The van der Waals surface area contributed by atoms with E-state index in [1.165, 1.54) is 77.0 Å². The smallest absolute Gasteiger partial charge is 0.361 e. The standard InChI is InChI=1S/C47H83NO8/c1-6-8-10-12-14-15-16-17-18-19-20-21-22-23-24-25-26-27-28-29-30-31-32-34-36-38-45(50)56-43(41-54-44(49)37-35-33-13-11-9-7-2)42-55-47(46(51)52)53-40-39-48(3,4)5/h8,10,14-15,17-18,20-21,43,47H,6-7,9,11-13,16,19,22-42H2,1-5H3/p+1/b10-8-,15-14-,18-17-,21-20-. The zero-order valence-electron chi connectivity index (χ0n) is 36.5. The number of carboxylic acid groups (broad SMARTS) is 1. The summed E-state index contributed by atoms with van der Waals surface area (Å²) in [6.45, 7) is 4.68. The van der Waals surface area contributed by atoms with Crippen LogP contribution in [0.4, 0.5) is 0 Å². The maximum atomic E-state index is 12.7. The van der Waals surface area contributed by atoms with Gasteiger partial charge in [-0.05, 0) is 51.4 Å². The summed E-state index contributed by atoms with van der Waals surface area (Å²) in [7, 11) is 5.94. The van der Waals surface area contributed by atoms with Crippen LogP contribution in [0.2, 0.25) is 0 Å². The van der Waals surface area contributed by atoms with E-state index >= 15 is 0 Å². The Kier molecular flexibility index (Phi) is 37.2. The highest BCUT2D eigenvalue weighted by Gasteiger charge is 2.25. The van der Waals surface area contributed by atoms with E-state index < -0.39 is 24.3 Å². The zero-order chi connectivity index (χ0) is 41.4. The third kappa shape index (κ3) is 39.5. The molecule has 0 aliphatic rings. The molecule has 0 rings (SSSR count). The summed E-state index contributed by atoms with van der Waals surface area (Å²) < 4.78 is 22.6. The number of hydrogen-bond donors (Lipinski definition) is 1. The van der Waals surface area contributed by atoms with Gasteiger partial charge < -0.3 is 28.5 Å². The first kappa shape index (κ1) is 53.2. The second-order valence-corrected chi connectivity index (χ2v) is 16.0. The average Bonchev–Trinajstić information content (AvgIpc) is 3.15. The summed E-state index contributed by atoms with van der Waals surface area (Å²) in [4.78, 5) is 36.8. The number of allylic oxidation sites excluding steroid dienone is 8. The van der Waals surface area contributed by atoms with E-state index in [2.05, 4.69) is 62.5 Å². The van der Waals surface area contributed by atoms with Crippen LogP contribution in [0.5, 0.6) is 0 Å². The van der Waals surface area contributed by atoms with Crippen molar-refractivity contribution in [3.8, 4) is 0 Å². The molecule has 2 atom stereocenters. The van der Waals surface area contributed by atoms with Crippen LogP contribution in [0.25, 0.3) is 0 Å². The molecule has 0 saturated carbocycles. The first-order valence-corrected chi connectivity index (χ1v) is 22.3. The predicted molar refractivity (Wildman–Crippen MR) is 230 cm³/mol. The molecule has 1 N–H and O–H groups in total. The van der Waals surface area contributed by atoms with Gasteiger partial charge in [-0.3, -0.25) is 9.59 Å². The van der Waals surface area contributed by atoms with Gasteiger partial charge in [0.1, 0.15) is 13.2 Å². The largest absolute Gasteiger partial charge is 0.477 e. The molecule has 0 aliphatic heterocycles. The molecule has 0 aliphatic carbocycles. The van der Waals surface area contributed by atoms with Crippen LogP contribution in [0, 0.1) is 0 Å². The Morgan fingerprint density at radius 2 is 1.02 bits per heavy atom. The van der Waals surface area contributed by atoms with E-state index in [4.69, 9.17) is 18.9 Å². The number of carbonyl (C=O) groups is 3. The Balaban J connectivity index is 4.18. The lowest BCUT2D eigenvalue weighted by atomic mass is 10.0. The Bertz CT molecular complexity index is 1060. The molecule has 0 aromatic heterocycles. The minimum absolute atomic E-state index is 0.183. The van der Waals surface area contributed by atoms with Crippen molar-refractivity contribution >= 4 is 17.9 Å². The number of likely N-dealkylation sites (N-methyl/N-ethyl adjacent to an activating group) is 1. The lowest BCUT2D eigenvalue weighted by molar-refractivity contribution is -0.870. The van der Waals surface area contributed by atoms with Crippen LogP contribution in [0.1, 0.15) is 174 Å². The van der Waals surface area contributed by atoms with Gasteiger partial charge in [0.2, 0.25) is 0 Å². The van der Waals surface area contributed by atoms with Crippen LogP contribution in [-0.4, -0.2) is 87.4 Å². The monoisotopic (exact) mass is 791 g/mol. The van der Waals surface area contributed by atoms with E-state index in [1.807, 2.05) is 21.1 Å². The molecule has 9 heteroatoms. The quantitative estimate of drug-likeness (QED) is 0.0215. The molecule has 0 saturated heterocycles. The zero-order valence-corrected chi connectivity index (χ0v) is 36.5. The minimum Gasteiger partial charge on any atom is -0.477 e. The lowest BCUT2D eigenvalue weighted by Crippen LogP contribution is -2.40. The summed E-state index contributed by atoms with van der Waals surface area (Å²) in [5.74, 6) is -2.02. The highest BCUT2D eigenvalue weighted by Crippen LogP contribution is 2.14. The topological polar surface area (TPSA) is 108 Å². The van der Waals surface area contributed by atoms with E-state index in [0.717, 1.165) is 70.6 Å². The van der Waals surface area contributed by atoms with Crippen molar-refractivity contribution in [2.75, 3.05) is 47.5 Å². The first-order chi connectivity index (χ1) is 27.1. The fraction of sp³-hybridized carbons (Fsp3) is 0.766. The second-order valence-electron chi connectivity index (χ2n) is 16.0. The van der Waals surface area contributed by atoms with E-state index in [-0.39, 0.29) is 32.2 Å². The van der Waals surface area contributed by atoms with Gasteiger partial charge in [0.25, 0.3) is 6.29 Å².